The zero-order valence-corrected chi connectivity index (χ0v) is 14.8. The van der Waals surface area contributed by atoms with Gasteiger partial charge in [0.25, 0.3) is 0 Å². The third kappa shape index (κ3) is 4.26. The van der Waals surface area contributed by atoms with Gasteiger partial charge < -0.3 is 20.7 Å². The molecule has 1 aliphatic rings. The summed E-state index contributed by atoms with van der Waals surface area (Å²) in [6.45, 7) is 4.13. The van der Waals surface area contributed by atoms with Gasteiger partial charge in [-0.15, -0.1) is 0 Å². The minimum absolute atomic E-state index is 0.0547. The van der Waals surface area contributed by atoms with Gasteiger partial charge in [0.2, 0.25) is 11.8 Å². The summed E-state index contributed by atoms with van der Waals surface area (Å²) in [4.78, 5) is 26.5. The molecule has 2 amide bonds. The van der Waals surface area contributed by atoms with E-state index in [1.807, 2.05) is 38.1 Å². The van der Waals surface area contributed by atoms with Crippen molar-refractivity contribution in [2.24, 2.45) is 11.7 Å². The molecule has 0 saturated carbocycles. The van der Waals surface area contributed by atoms with Crippen molar-refractivity contribution in [3.63, 3.8) is 0 Å². The van der Waals surface area contributed by atoms with Crippen LogP contribution in [0.2, 0.25) is 0 Å². The van der Waals surface area contributed by atoms with Crippen molar-refractivity contribution >= 4 is 11.8 Å². The van der Waals surface area contributed by atoms with Crippen LogP contribution in [0.1, 0.15) is 38.3 Å². The van der Waals surface area contributed by atoms with Crippen LogP contribution in [0, 0.1) is 5.92 Å². The molecule has 24 heavy (non-hydrogen) atoms. The van der Waals surface area contributed by atoms with E-state index in [4.69, 9.17) is 10.5 Å². The second-order valence-electron chi connectivity index (χ2n) is 7.07. The molecular formula is C18H27N3O3. The van der Waals surface area contributed by atoms with E-state index in [-0.39, 0.29) is 23.8 Å². The lowest BCUT2D eigenvalue weighted by Gasteiger charge is -2.39. The van der Waals surface area contributed by atoms with Crippen molar-refractivity contribution in [1.29, 1.82) is 0 Å². The summed E-state index contributed by atoms with van der Waals surface area (Å²) in [6, 6.07) is 7.23. The summed E-state index contributed by atoms with van der Waals surface area (Å²) < 4.78 is 5.18. The fraction of sp³-hybridized carbons (Fsp3) is 0.556. The van der Waals surface area contributed by atoms with Crippen molar-refractivity contribution in [2.45, 2.75) is 38.3 Å². The van der Waals surface area contributed by atoms with E-state index >= 15 is 0 Å². The van der Waals surface area contributed by atoms with Gasteiger partial charge in [-0.1, -0.05) is 12.1 Å². The molecule has 3 N–H and O–H groups in total. The molecule has 1 aromatic rings. The monoisotopic (exact) mass is 333 g/mol. The first-order valence-electron chi connectivity index (χ1n) is 8.19. The zero-order chi connectivity index (χ0) is 17.9. The number of benzene rings is 1. The van der Waals surface area contributed by atoms with Crippen molar-refractivity contribution in [2.75, 3.05) is 20.7 Å². The van der Waals surface area contributed by atoms with Crippen molar-refractivity contribution in [3.8, 4) is 5.75 Å². The lowest BCUT2D eigenvalue weighted by molar-refractivity contribution is -0.141. The van der Waals surface area contributed by atoms with Crippen LogP contribution in [0.25, 0.3) is 0 Å². The number of piperidine rings is 1. The predicted molar refractivity (Wildman–Crippen MR) is 92.5 cm³/mol. The largest absolute Gasteiger partial charge is 0.497 e. The summed E-state index contributed by atoms with van der Waals surface area (Å²) in [5.41, 5.74) is 6.41. The standard InChI is InChI=1S/C18H27N3O3/c1-18(2,19)11-20-17(23)14-9-10-15(22)21(3)16(14)12-5-7-13(24-4)8-6-12/h5-8,14,16H,9-11,19H2,1-4H3,(H,20,23). The molecule has 1 aromatic carbocycles. The molecule has 2 atom stereocenters. The van der Waals surface area contributed by atoms with Crippen LogP contribution in [0.4, 0.5) is 0 Å². The number of rotatable bonds is 5. The fourth-order valence-electron chi connectivity index (χ4n) is 3.02. The molecule has 6 nitrogen and oxygen atoms in total. The third-order valence-corrected chi connectivity index (χ3v) is 4.37. The normalized spacial score (nSPS) is 21.5. The molecule has 0 bridgehead atoms. The molecule has 6 heteroatoms. The van der Waals surface area contributed by atoms with Crippen molar-refractivity contribution < 1.29 is 14.3 Å². The van der Waals surface area contributed by atoms with E-state index in [9.17, 15) is 9.59 Å². The quantitative estimate of drug-likeness (QED) is 0.854. The molecule has 1 fully saturated rings. The Morgan fingerprint density at radius 1 is 1.38 bits per heavy atom. The summed E-state index contributed by atoms with van der Waals surface area (Å²) in [5.74, 6) is 0.450. The molecule has 2 unspecified atom stereocenters. The highest BCUT2D eigenvalue weighted by Crippen LogP contribution is 2.36. The average Bonchev–Trinajstić information content (AvgIpc) is 2.54. The fourth-order valence-corrected chi connectivity index (χ4v) is 3.02. The number of amides is 2. The van der Waals surface area contributed by atoms with Crippen molar-refractivity contribution in [1.82, 2.24) is 10.2 Å². The van der Waals surface area contributed by atoms with Crippen LogP contribution in [-0.4, -0.2) is 43.0 Å². The molecule has 1 heterocycles. The third-order valence-electron chi connectivity index (χ3n) is 4.37. The SMILES string of the molecule is COc1ccc(C2C(C(=O)NCC(C)(C)N)CCC(=O)N2C)cc1. The van der Waals surface area contributed by atoms with Gasteiger partial charge >= 0.3 is 0 Å². The first-order valence-corrected chi connectivity index (χ1v) is 8.19. The second-order valence-corrected chi connectivity index (χ2v) is 7.07. The lowest BCUT2D eigenvalue weighted by atomic mass is 9.84. The maximum absolute atomic E-state index is 12.7. The first kappa shape index (κ1) is 18.3. The number of hydrogen-bond donors (Lipinski definition) is 2. The van der Waals surface area contributed by atoms with Gasteiger partial charge in [-0.2, -0.15) is 0 Å². The Kier molecular flexibility index (Phi) is 5.49. The van der Waals surface area contributed by atoms with Crippen LogP contribution < -0.4 is 15.8 Å². The smallest absolute Gasteiger partial charge is 0.225 e. The molecule has 2 rings (SSSR count). The summed E-state index contributed by atoms with van der Waals surface area (Å²) in [5, 5.41) is 2.92. The maximum atomic E-state index is 12.7. The number of nitrogens with one attached hydrogen (secondary N) is 1. The number of ether oxygens (including phenoxy) is 1. The van der Waals surface area contributed by atoms with Gasteiger partial charge in [-0.25, -0.2) is 0 Å². The number of methoxy groups -OCH3 is 1. The Balaban J connectivity index is 2.23. The number of carbonyl (C=O) groups excluding carboxylic acids is 2. The van der Waals surface area contributed by atoms with Gasteiger partial charge in [0.05, 0.1) is 19.1 Å². The van der Waals surface area contributed by atoms with E-state index in [0.717, 1.165) is 11.3 Å². The highest BCUT2D eigenvalue weighted by Gasteiger charge is 2.39. The zero-order valence-electron chi connectivity index (χ0n) is 14.8. The van der Waals surface area contributed by atoms with Crippen LogP contribution in [0.15, 0.2) is 24.3 Å². The molecule has 0 radical (unpaired) electrons. The van der Waals surface area contributed by atoms with E-state index < -0.39 is 5.54 Å². The first-order chi connectivity index (χ1) is 11.2. The van der Waals surface area contributed by atoms with Crippen LogP contribution in [0.5, 0.6) is 5.75 Å². The number of hydrogen-bond acceptors (Lipinski definition) is 4. The van der Waals surface area contributed by atoms with Gasteiger partial charge in [0, 0.05) is 25.6 Å². The van der Waals surface area contributed by atoms with Crippen LogP contribution in [0.3, 0.4) is 0 Å². The second kappa shape index (κ2) is 7.21. The van der Waals surface area contributed by atoms with Crippen LogP contribution in [-0.2, 0) is 9.59 Å². The molecule has 0 aromatic heterocycles. The van der Waals surface area contributed by atoms with Crippen molar-refractivity contribution in [3.05, 3.63) is 29.8 Å². The molecule has 0 spiro atoms. The highest BCUT2D eigenvalue weighted by atomic mass is 16.5. The van der Waals surface area contributed by atoms with E-state index in [1.54, 1.807) is 19.1 Å². The molecule has 0 aliphatic carbocycles. The Morgan fingerprint density at radius 2 is 2.00 bits per heavy atom. The van der Waals surface area contributed by atoms with Gasteiger partial charge in [-0.3, -0.25) is 9.59 Å². The van der Waals surface area contributed by atoms with Gasteiger partial charge in [0.15, 0.2) is 0 Å². The molecular weight excluding hydrogens is 306 g/mol. The molecule has 132 valence electrons. The Labute approximate surface area is 143 Å². The van der Waals surface area contributed by atoms with Crippen LogP contribution >= 0.6 is 0 Å². The minimum atomic E-state index is -0.471. The Morgan fingerprint density at radius 3 is 2.54 bits per heavy atom. The Bertz CT molecular complexity index is 593. The summed E-state index contributed by atoms with van der Waals surface area (Å²) in [7, 11) is 3.36. The average molecular weight is 333 g/mol. The van der Waals surface area contributed by atoms with E-state index in [2.05, 4.69) is 5.32 Å². The predicted octanol–water partition coefficient (Wildman–Crippen LogP) is 1.46. The summed E-state index contributed by atoms with van der Waals surface area (Å²) in [6.07, 6.45) is 0.921. The lowest BCUT2D eigenvalue weighted by Crippen LogP contribution is -2.50. The molecule has 1 aliphatic heterocycles. The van der Waals surface area contributed by atoms with Gasteiger partial charge in [0.1, 0.15) is 5.75 Å². The maximum Gasteiger partial charge on any atom is 0.225 e. The number of nitrogens with zero attached hydrogens (tertiary/aromatic N) is 1. The number of carbonyl (C=O) groups is 2. The van der Waals surface area contributed by atoms with E-state index in [1.165, 1.54) is 0 Å². The minimum Gasteiger partial charge on any atom is -0.497 e. The number of likely N-dealkylation sites (tertiary alicyclic amines) is 1. The Hall–Kier alpha value is -2.08. The van der Waals surface area contributed by atoms with E-state index in [0.29, 0.717) is 19.4 Å². The highest BCUT2D eigenvalue weighted by molar-refractivity contribution is 5.85. The summed E-state index contributed by atoms with van der Waals surface area (Å²) >= 11 is 0. The molecule has 1 saturated heterocycles. The topological polar surface area (TPSA) is 84.7 Å². The van der Waals surface area contributed by atoms with Gasteiger partial charge in [-0.05, 0) is 38.0 Å². The number of nitrogens with two attached hydrogens (primary N) is 1.